The predicted molar refractivity (Wildman–Crippen MR) is 102 cm³/mol. The second kappa shape index (κ2) is 6.48. The number of aromatic nitrogens is 3. The molecule has 0 saturated heterocycles. The van der Waals surface area contributed by atoms with E-state index in [1.54, 1.807) is 42.7 Å². The fourth-order valence-electron chi connectivity index (χ4n) is 2.73. The van der Waals surface area contributed by atoms with Crippen LogP contribution in [0.2, 0.25) is 10.0 Å². The van der Waals surface area contributed by atoms with Gasteiger partial charge in [-0.15, -0.1) is 0 Å². The van der Waals surface area contributed by atoms with Crippen LogP contribution in [0, 0.1) is 0 Å². The molecule has 0 atom stereocenters. The van der Waals surface area contributed by atoms with Crippen LogP contribution in [0.3, 0.4) is 0 Å². The quantitative estimate of drug-likeness (QED) is 0.535. The number of carbonyl (C=O) groups is 1. The molecule has 8 heteroatoms. The van der Waals surface area contributed by atoms with Crippen LogP contribution in [0.1, 0.15) is 10.4 Å². The van der Waals surface area contributed by atoms with E-state index in [-0.39, 0.29) is 5.91 Å². The van der Waals surface area contributed by atoms with E-state index in [9.17, 15) is 4.79 Å². The molecule has 4 aromatic rings. The van der Waals surface area contributed by atoms with Crippen LogP contribution in [-0.4, -0.2) is 28.0 Å². The van der Waals surface area contributed by atoms with Crippen LogP contribution in [0.15, 0.2) is 42.7 Å². The average Bonchev–Trinajstić information content (AvgIpc) is 3.08. The number of benzene rings is 1. The zero-order valence-electron chi connectivity index (χ0n) is 13.5. The third-order valence-corrected chi connectivity index (χ3v) is 4.51. The van der Waals surface area contributed by atoms with Gasteiger partial charge in [-0.25, -0.2) is 4.98 Å². The third kappa shape index (κ3) is 2.83. The zero-order chi connectivity index (χ0) is 18.3. The minimum Gasteiger partial charge on any atom is -0.481 e. The molecule has 2 N–H and O–H groups in total. The minimum atomic E-state index is -0.322. The van der Waals surface area contributed by atoms with Crippen molar-refractivity contribution in [3.05, 3.63) is 58.3 Å². The first-order valence-electron chi connectivity index (χ1n) is 7.64. The highest BCUT2D eigenvalue weighted by atomic mass is 35.5. The van der Waals surface area contributed by atoms with Gasteiger partial charge in [-0.3, -0.25) is 9.78 Å². The molecule has 0 aliphatic rings. The van der Waals surface area contributed by atoms with Gasteiger partial charge < -0.3 is 15.0 Å². The Hall–Kier alpha value is -2.83. The lowest BCUT2D eigenvalue weighted by Gasteiger charge is -2.08. The number of ether oxygens (including phenoxy) is 1. The molecule has 0 unspecified atom stereocenters. The summed E-state index contributed by atoms with van der Waals surface area (Å²) >= 11 is 12.0. The lowest BCUT2D eigenvalue weighted by atomic mass is 10.1. The first-order valence-corrected chi connectivity index (χ1v) is 8.39. The number of pyridine rings is 2. The summed E-state index contributed by atoms with van der Waals surface area (Å²) in [6, 6.07) is 8.40. The maximum atomic E-state index is 12.8. The number of carbonyl (C=O) groups excluding carboxylic acids is 1. The van der Waals surface area contributed by atoms with Crippen molar-refractivity contribution >= 4 is 56.7 Å². The van der Waals surface area contributed by atoms with Gasteiger partial charge in [-0.1, -0.05) is 23.2 Å². The summed E-state index contributed by atoms with van der Waals surface area (Å²) in [6.45, 7) is 0. The molecular formula is C18H12Cl2N4O2. The molecule has 6 nitrogen and oxygen atoms in total. The summed E-state index contributed by atoms with van der Waals surface area (Å²) in [5.41, 5.74) is 2.84. The van der Waals surface area contributed by atoms with Gasteiger partial charge in [0.1, 0.15) is 5.52 Å². The van der Waals surface area contributed by atoms with E-state index in [0.717, 1.165) is 0 Å². The van der Waals surface area contributed by atoms with Crippen LogP contribution in [0.5, 0.6) is 5.88 Å². The normalized spacial score (nSPS) is 11.0. The average molecular weight is 387 g/mol. The van der Waals surface area contributed by atoms with Crippen molar-refractivity contribution in [2.24, 2.45) is 0 Å². The Balaban J connectivity index is 1.83. The van der Waals surface area contributed by atoms with Crippen molar-refractivity contribution in [2.45, 2.75) is 0 Å². The third-order valence-electron chi connectivity index (χ3n) is 3.96. The molecule has 1 amide bonds. The van der Waals surface area contributed by atoms with Gasteiger partial charge >= 0.3 is 0 Å². The molecule has 3 heterocycles. The van der Waals surface area contributed by atoms with Gasteiger partial charge in [0.2, 0.25) is 5.88 Å². The van der Waals surface area contributed by atoms with Gasteiger partial charge in [0.25, 0.3) is 5.91 Å². The van der Waals surface area contributed by atoms with Crippen LogP contribution >= 0.6 is 23.2 Å². The van der Waals surface area contributed by atoms with Gasteiger partial charge in [-0.05, 0) is 24.3 Å². The van der Waals surface area contributed by atoms with Crippen molar-refractivity contribution in [2.75, 3.05) is 12.4 Å². The molecule has 26 heavy (non-hydrogen) atoms. The van der Waals surface area contributed by atoms with Crippen LogP contribution < -0.4 is 10.1 Å². The van der Waals surface area contributed by atoms with Crippen molar-refractivity contribution in [3.8, 4) is 5.88 Å². The molecule has 1 aromatic carbocycles. The van der Waals surface area contributed by atoms with Crippen molar-refractivity contribution in [3.63, 3.8) is 0 Å². The largest absolute Gasteiger partial charge is 0.481 e. The first-order chi connectivity index (χ1) is 12.6. The number of hydrogen-bond donors (Lipinski definition) is 2. The second-order valence-corrected chi connectivity index (χ2v) is 6.39. The number of anilines is 1. The highest BCUT2D eigenvalue weighted by Gasteiger charge is 2.17. The number of methoxy groups -OCH3 is 1. The maximum Gasteiger partial charge on any atom is 0.257 e. The number of hydrogen-bond acceptors (Lipinski definition) is 4. The molecule has 4 rings (SSSR count). The molecule has 0 aliphatic carbocycles. The van der Waals surface area contributed by atoms with E-state index in [0.29, 0.717) is 49.1 Å². The number of amides is 1. The summed E-state index contributed by atoms with van der Waals surface area (Å²) in [4.78, 5) is 24.7. The molecule has 3 aromatic heterocycles. The van der Waals surface area contributed by atoms with Crippen molar-refractivity contribution in [1.29, 1.82) is 0 Å². The van der Waals surface area contributed by atoms with Crippen LogP contribution in [-0.2, 0) is 0 Å². The molecule has 130 valence electrons. The van der Waals surface area contributed by atoms with E-state index in [1.807, 2.05) is 0 Å². The summed E-state index contributed by atoms with van der Waals surface area (Å²) < 4.78 is 5.19. The predicted octanol–water partition coefficient (Wildman–Crippen LogP) is 4.68. The molecule has 0 spiro atoms. The molecular weight excluding hydrogens is 375 g/mol. The number of H-pyrrole nitrogens is 1. The number of halogens is 2. The Bertz CT molecular complexity index is 1160. The van der Waals surface area contributed by atoms with Crippen LogP contribution in [0.25, 0.3) is 21.9 Å². The summed E-state index contributed by atoms with van der Waals surface area (Å²) in [5.74, 6) is 0.123. The van der Waals surface area contributed by atoms with Crippen LogP contribution in [0.4, 0.5) is 5.69 Å². The SMILES string of the molecule is COc1ccc2ncc3[nH]cc(C(=O)Nc4ccc(Cl)cc4Cl)c3c2n1. The van der Waals surface area contributed by atoms with Gasteiger partial charge in [0.15, 0.2) is 0 Å². The Morgan fingerprint density at radius 1 is 1.23 bits per heavy atom. The number of aromatic amines is 1. The second-order valence-electron chi connectivity index (χ2n) is 5.55. The van der Waals surface area contributed by atoms with E-state index >= 15 is 0 Å². The lowest BCUT2D eigenvalue weighted by Crippen LogP contribution is -2.12. The van der Waals surface area contributed by atoms with Gasteiger partial charge in [0, 0.05) is 22.7 Å². The summed E-state index contributed by atoms with van der Waals surface area (Å²) in [6.07, 6.45) is 3.28. The molecule has 0 bridgehead atoms. The number of nitrogens with one attached hydrogen (secondary N) is 2. The Kier molecular flexibility index (Phi) is 4.14. The highest BCUT2D eigenvalue weighted by molar-refractivity contribution is 6.37. The Morgan fingerprint density at radius 2 is 2.08 bits per heavy atom. The molecule has 0 radical (unpaired) electrons. The summed E-state index contributed by atoms with van der Waals surface area (Å²) in [7, 11) is 1.54. The van der Waals surface area contributed by atoms with Gasteiger partial charge in [0.05, 0.1) is 40.6 Å². The summed E-state index contributed by atoms with van der Waals surface area (Å²) in [5, 5.41) is 4.31. The standard InChI is InChI=1S/C18H12Cl2N4O2/c1-26-15-5-4-13-17(24-15)16-10(7-21-14(16)8-22-13)18(25)23-12-3-2-9(19)6-11(12)20/h2-8,21H,1H3,(H,23,25). The topological polar surface area (TPSA) is 79.9 Å². The van der Waals surface area contributed by atoms with E-state index in [2.05, 4.69) is 20.3 Å². The lowest BCUT2D eigenvalue weighted by molar-refractivity contribution is 0.102. The van der Waals surface area contributed by atoms with Crippen molar-refractivity contribution in [1.82, 2.24) is 15.0 Å². The van der Waals surface area contributed by atoms with E-state index in [4.69, 9.17) is 27.9 Å². The highest BCUT2D eigenvalue weighted by Crippen LogP contribution is 2.29. The molecule has 0 aliphatic heterocycles. The zero-order valence-corrected chi connectivity index (χ0v) is 15.0. The Labute approximate surface area is 158 Å². The minimum absolute atomic E-state index is 0.322. The van der Waals surface area contributed by atoms with Gasteiger partial charge in [-0.2, -0.15) is 0 Å². The smallest absolute Gasteiger partial charge is 0.257 e. The Morgan fingerprint density at radius 3 is 2.85 bits per heavy atom. The van der Waals surface area contributed by atoms with E-state index < -0.39 is 0 Å². The fraction of sp³-hybridized carbons (Fsp3) is 0.0556. The monoisotopic (exact) mass is 386 g/mol. The number of rotatable bonds is 3. The number of nitrogens with zero attached hydrogens (tertiary/aromatic N) is 2. The molecule has 0 fully saturated rings. The fourth-order valence-corrected chi connectivity index (χ4v) is 3.18. The first kappa shape index (κ1) is 16.6. The van der Waals surface area contributed by atoms with Crippen molar-refractivity contribution < 1.29 is 9.53 Å². The van der Waals surface area contributed by atoms with E-state index in [1.165, 1.54) is 7.11 Å². The number of fused-ring (bicyclic) bond motifs is 3. The molecule has 0 saturated carbocycles. The maximum absolute atomic E-state index is 12.8.